The molecule has 0 spiro atoms. The summed E-state index contributed by atoms with van der Waals surface area (Å²) in [5.41, 5.74) is 2.24. The van der Waals surface area contributed by atoms with Gasteiger partial charge in [0.2, 0.25) is 0 Å². The van der Waals surface area contributed by atoms with Crippen LogP contribution in [0.3, 0.4) is 0 Å². The molecule has 1 N–H and O–H groups in total. The van der Waals surface area contributed by atoms with Crippen molar-refractivity contribution in [1.29, 1.82) is 0 Å². The molecule has 0 amide bonds. The summed E-state index contributed by atoms with van der Waals surface area (Å²) in [5.74, 6) is 0.0907. The molecular weight excluding hydrogens is 394 g/mol. The summed E-state index contributed by atoms with van der Waals surface area (Å²) >= 11 is 1.74. The van der Waals surface area contributed by atoms with Gasteiger partial charge in [-0.3, -0.25) is 9.69 Å². The van der Waals surface area contributed by atoms with E-state index < -0.39 is 12.0 Å². The third kappa shape index (κ3) is 4.74. The molecule has 1 aliphatic heterocycles. The Morgan fingerprint density at radius 3 is 2.53 bits per heavy atom. The number of rotatable bonds is 7. The van der Waals surface area contributed by atoms with Gasteiger partial charge in [0.05, 0.1) is 6.04 Å². The van der Waals surface area contributed by atoms with Crippen molar-refractivity contribution in [2.45, 2.75) is 44.9 Å². The fourth-order valence-corrected chi connectivity index (χ4v) is 5.16. The Morgan fingerprint density at radius 2 is 1.87 bits per heavy atom. The van der Waals surface area contributed by atoms with Gasteiger partial charge in [-0.2, -0.15) is 0 Å². The van der Waals surface area contributed by atoms with Crippen molar-refractivity contribution in [3.05, 3.63) is 87.6 Å². The minimum atomic E-state index is -0.726. The molecule has 4 rings (SSSR count). The Labute approximate surface area is 181 Å². The molecule has 2 atom stereocenters. The van der Waals surface area contributed by atoms with Crippen molar-refractivity contribution in [1.82, 2.24) is 4.90 Å². The number of carboxylic acid groups (broad SMARTS) is 1. The third-order valence-electron chi connectivity index (χ3n) is 5.64. The van der Waals surface area contributed by atoms with Gasteiger partial charge in [-0.05, 0) is 61.7 Å². The molecular formula is C25H27NO3S. The topological polar surface area (TPSA) is 49.8 Å². The first-order chi connectivity index (χ1) is 14.6. The van der Waals surface area contributed by atoms with Gasteiger partial charge >= 0.3 is 5.97 Å². The van der Waals surface area contributed by atoms with E-state index in [4.69, 9.17) is 4.74 Å². The molecule has 1 fully saturated rings. The zero-order valence-electron chi connectivity index (χ0n) is 17.2. The fourth-order valence-electron chi connectivity index (χ4n) is 4.13. The number of thiophene rings is 1. The number of aliphatic carboxylic acids is 1. The highest BCUT2D eigenvalue weighted by molar-refractivity contribution is 7.12. The molecule has 0 radical (unpaired) electrons. The van der Waals surface area contributed by atoms with E-state index in [2.05, 4.69) is 36.1 Å². The SMILES string of the molecule is Cc1ccc(C(c2ccc(OCc3ccccc3)cc2)N2CCCCC2C(=O)O)s1. The monoisotopic (exact) mass is 421 g/mol. The van der Waals surface area contributed by atoms with Crippen molar-refractivity contribution in [2.24, 2.45) is 0 Å². The van der Waals surface area contributed by atoms with Crippen LogP contribution >= 0.6 is 11.3 Å². The van der Waals surface area contributed by atoms with Crippen molar-refractivity contribution >= 4 is 17.3 Å². The highest BCUT2D eigenvalue weighted by Crippen LogP contribution is 2.38. The summed E-state index contributed by atoms with van der Waals surface area (Å²) in [6.45, 7) is 3.42. The van der Waals surface area contributed by atoms with Crippen molar-refractivity contribution in [2.75, 3.05) is 6.54 Å². The average molecular weight is 422 g/mol. The first kappa shape index (κ1) is 20.6. The molecule has 3 aromatic rings. The van der Waals surface area contributed by atoms with E-state index >= 15 is 0 Å². The van der Waals surface area contributed by atoms with E-state index in [9.17, 15) is 9.90 Å². The molecule has 0 aliphatic carbocycles. The zero-order valence-corrected chi connectivity index (χ0v) is 18.0. The number of nitrogens with zero attached hydrogens (tertiary/aromatic N) is 1. The summed E-state index contributed by atoms with van der Waals surface area (Å²) < 4.78 is 5.94. The summed E-state index contributed by atoms with van der Waals surface area (Å²) in [5, 5.41) is 9.82. The van der Waals surface area contributed by atoms with E-state index in [-0.39, 0.29) is 6.04 Å². The molecule has 0 saturated carbocycles. The van der Waals surface area contributed by atoms with Crippen LogP contribution in [-0.4, -0.2) is 28.6 Å². The van der Waals surface area contributed by atoms with Crippen LogP contribution in [0.1, 0.15) is 46.2 Å². The number of piperidine rings is 1. The first-order valence-electron chi connectivity index (χ1n) is 10.4. The Bertz CT molecular complexity index is 968. The maximum atomic E-state index is 12.0. The van der Waals surface area contributed by atoms with Crippen LogP contribution in [0.15, 0.2) is 66.7 Å². The van der Waals surface area contributed by atoms with Crippen LogP contribution in [0, 0.1) is 6.92 Å². The van der Waals surface area contributed by atoms with Gasteiger partial charge in [-0.15, -0.1) is 11.3 Å². The lowest BCUT2D eigenvalue weighted by Gasteiger charge is -2.39. The number of ether oxygens (including phenoxy) is 1. The van der Waals surface area contributed by atoms with E-state index in [1.807, 2.05) is 42.5 Å². The summed E-state index contributed by atoms with van der Waals surface area (Å²) in [7, 11) is 0. The summed E-state index contributed by atoms with van der Waals surface area (Å²) in [4.78, 5) is 16.5. The third-order valence-corrected chi connectivity index (χ3v) is 6.69. The Balaban J connectivity index is 1.58. The van der Waals surface area contributed by atoms with Crippen LogP contribution in [0.4, 0.5) is 0 Å². The number of hydrogen-bond donors (Lipinski definition) is 1. The zero-order chi connectivity index (χ0) is 20.9. The quantitative estimate of drug-likeness (QED) is 0.534. The second kappa shape index (κ2) is 9.45. The predicted molar refractivity (Wildman–Crippen MR) is 120 cm³/mol. The molecule has 0 bridgehead atoms. The summed E-state index contributed by atoms with van der Waals surface area (Å²) in [6, 6.07) is 22.0. The number of carboxylic acids is 1. The standard InChI is InChI=1S/C25H27NO3S/c1-18-10-15-23(30-18)24(26-16-6-5-9-22(26)25(27)28)20-11-13-21(14-12-20)29-17-19-7-3-2-4-8-19/h2-4,7-8,10-15,22,24H,5-6,9,16-17H2,1H3,(H,27,28). The second-order valence-corrected chi connectivity index (χ2v) is 9.10. The maximum absolute atomic E-state index is 12.0. The summed E-state index contributed by atoms with van der Waals surface area (Å²) in [6.07, 6.45) is 2.70. The number of carbonyl (C=O) groups is 1. The van der Waals surface area contributed by atoms with Gasteiger partial charge in [0.15, 0.2) is 0 Å². The highest BCUT2D eigenvalue weighted by atomic mass is 32.1. The lowest BCUT2D eigenvalue weighted by molar-refractivity contribution is -0.145. The molecule has 30 heavy (non-hydrogen) atoms. The normalized spacial score (nSPS) is 18.1. The number of benzene rings is 2. The highest BCUT2D eigenvalue weighted by Gasteiger charge is 2.35. The van der Waals surface area contributed by atoms with E-state index in [1.54, 1.807) is 11.3 Å². The minimum Gasteiger partial charge on any atom is -0.489 e. The second-order valence-electron chi connectivity index (χ2n) is 7.78. The van der Waals surface area contributed by atoms with Gasteiger partial charge in [-0.1, -0.05) is 48.9 Å². The lowest BCUT2D eigenvalue weighted by Crippen LogP contribution is -2.46. The maximum Gasteiger partial charge on any atom is 0.320 e. The smallest absolute Gasteiger partial charge is 0.320 e. The van der Waals surface area contributed by atoms with Crippen LogP contribution in [-0.2, 0) is 11.4 Å². The molecule has 1 aliphatic rings. The number of likely N-dealkylation sites (tertiary alicyclic amines) is 1. The first-order valence-corrected chi connectivity index (χ1v) is 11.2. The van der Waals surface area contributed by atoms with Crippen LogP contribution < -0.4 is 4.74 Å². The molecule has 2 aromatic carbocycles. The lowest BCUT2D eigenvalue weighted by atomic mass is 9.95. The van der Waals surface area contributed by atoms with E-state index in [0.717, 1.165) is 36.3 Å². The minimum absolute atomic E-state index is 0.0479. The average Bonchev–Trinajstić information content (AvgIpc) is 3.20. The van der Waals surface area contributed by atoms with Crippen LogP contribution in [0.2, 0.25) is 0 Å². The molecule has 5 heteroatoms. The predicted octanol–water partition coefficient (Wildman–Crippen LogP) is 5.66. The van der Waals surface area contributed by atoms with Gasteiger partial charge in [-0.25, -0.2) is 0 Å². The molecule has 1 aromatic heterocycles. The van der Waals surface area contributed by atoms with Gasteiger partial charge in [0, 0.05) is 9.75 Å². The number of aryl methyl sites for hydroxylation is 1. The Hall–Kier alpha value is -2.63. The van der Waals surface area contributed by atoms with Crippen molar-refractivity contribution in [3.63, 3.8) is 0 Å². The molecule has 2 unspecified atom stereocenters. The van der Waals surface area contributed by atoms with E-state index in [0.29, 0.717) is 13.0 Å². The molecule has 2 heterocycles. The van der Waals surface area contributed by atoms with Gasteiger partial charge in [0.1, 0.15) is 18.4 Å². The molecule has 156 valence electrons. The molecule has 4 nitrogen and oxygen atoms in total. The largest absolute Gasteiger partial charge is 0.489 e. The van der Waals surface area contributed by atoms with Crippen LogP contribution in [0.5, 0.6) is 5.75 Å². The van der Waals surface area contributed by atoms with Crippen molar-refractivity contribution in [3.8, 4) is 5.75 Å². The Morgan fingerprint density at radius 1 is 1.10 bits per heavy atom. The van der Waals surface area contributed by atoms with Gasteiger partial charge in [0.25, 0.3) is 0 Å². The van der Waals surface area contributed by atoms with E-state index in [1.165, 1.54) is 9.75 Å². The molecule has 1 saturated heterocycles. The Kier molecular flexibility index (Phi) is 6.50. The van der Waals surface area contributed by atoms with Crippen LogP contribution in [0.25, 0.3) is 0 Å². The number of hydrogen-bond acceptors (Lipinski definition) is 4. The van der Waals surface area contributed by atoms with Gasteiger partial charge < -0.3 is 9.84 Å². The fraction of sp³-hybridized carbons (Fsp3) is 0.320. The van der Waals surface area contributed by atoms with Crippen molar-refractivity contribution < 1.29 is 14.6 Å².